The van der Waals surface area contributed by atoms with E-state index in [0.29, 0.717) is 0 Å². The summed E-state index contributed by atoms with van der Waals surface area (Å²) in [5.74, 6) is -0.580. The lowest BCUT2D eigenvalue weighted by molar-refractivity contribution is -0.120. The quantitative estimate of drug-likeness (QED) is 0.616. The van der Waals surface area contributed by atoms with Gasteiger partial charge in [0.25, 0.3) is 0 Å². The predicted molar refractivity (Wildman–Crippen MR) is 49.0 cm³/mol. The molecule has 0 bridgehead atoms. The first-order valence-electron chi connectivity index (χ1n) is 3.89. The molecule has 0 aliphatic heterocycles. The van der Waals surface area contributed by atoms with E-state index in [9.17, 15) is 13.2 Å². The molecular formula is C7H15NO4S. The van der Waals surface area contributed by atoms with E-state index in [1.807, 2.05) is 0 Å². The fraction of sp³-hybridized carbons (Fsp3) is 0.857. The van der Waals surface area contributed by atoms with Crippen LogP contribution in [0.3, 0.4) is 0 Å². The maximum Gasteiger partial charge on any atom is 0.238 e. The molecule has 0 aromatic rings. The van der Waals surface area contributed by atoms with Gasteiger partial charge in [-0.3, -0.25) is 4.79 Å². The molecule has 0 saturated carbocycles. The number of nitrogens with one attached hydrogen (secondary N) is 1. The molecule has 13 heavy (non-hydrogen) atoms. The zero-order valence-electron chi connectivity index (χ0n) is 7.94. The van der Waals surface area contributed by atoms with Gasteiger partial charge in [0.05, 0.1) is 6.10 Å². The number of hydrogen-bond donors (Lipinski definition) is 2. The highest BCUT2D eigenvalue weighted by atomic mass is 32.2. The minimum atomic E-state index is -3.34. The van der Waals surface area contributed by atoms with Crippen LogP contribution in [0, 0.1) is 0 Å². The predicted octanol–water partition coefficient (Wildman–Crippen LogP) is -1.08. The highest BCUT2D eigenvalue weighted by molar-refractivity contribution is 7.92. The number of aliphatic hydroxyl groups is 1. The molecule has 1 amide bonds. The fourth-order valence-corrected chi connectivity index (χ4v) is 1.06. The Kier molecular flexibility index (Phi) is 4.35. The summed E-state index contributed by atoms with van der Waals surface area (Å²) in [6, 6.07) is 0. The Morgan fingerprint density at radius 3 is 2.23 bits per heavy atom. The largest absolute Gasteiger partial charge is 0.392 e. The molecule has 78 valence electrons. The zero-order chi connectivity index (χ0) is 10.6. The SMILES string of the molecule is CC(C(=O)NC[C@@H](C)O)S(C)(=O)=O. The standard InChI is InChI=1S/C7H15NO4S/c1-5(9)4-8-7(10)6(2)13(3,11)12/h5-6,9H,4H2,1-3H3,(H,8,10)/t5-,6?/m1/s1. The Bertz CT molecular complexity index is 270. The van der Waals surface area contributed by atoms with E-state index in [2.05, 4.69) is 5.32 Å². The van der Waals surface area contributed by atoms with E-state index in [0.717, 1.165) is 6.26 Å². The van der Waals surface area contributed by atoms with Gasteiger partial charge in [-0.1, -0.05) is 0 Å². The molecule has 1 unspecified atom stereocenters. The Morgan fingerprint density at radius 1 is 1.46 bits per heavy atom. The number of rotatable bonds is 4. The van der Waals surface area contributed by atoms with E-state index in [-0.39, 0.29) is 6.54 Å². The number of amides is 1. The first-order valence-corrected chi connectivity index (χ1v) is 5.85. The smallest absolute Gasteiger partial charge is 0.238 e. The monoisotopic (exact) mass is 209 g/mol. The average molecular weight is 209 g/mol. The van der Waals surface area contributed by atoms with Crippen molar-refractivity contribution in [1.29, 1.82) is 0 Å². The van der Waals surface area contributed by atoms with Crippen molar-refractivity contribution in [2.75, 3.05) is 12.8 Å². The van der Waals surface area contributed by atoms with Crippen molar-refractivity contribution < 1.29 is 18.3 Å². The van der Waals surface area contributed by atoms with Gasteiger partial charge >= 0.3 is 0 Å². The van der Waals surface area contributed by atoms with E-state index >= 15 is 0 Å². The molecule has 0 radical (unpaired) electrons. The maximum absolute atomic E-state index is 11.1. The maximum atomic E-state index is 11.1. The van der Waals surface area contributed by atoms with E-state index in [4.69, 9.17) is 5.11 Å². The topological polar surface area (TPSA) is 83.5 Å². The summed E-state index contributed by atoms with van der Waals surface area (Å²) in [5.41, 5.74) is 0. The Hall–Kier alpha value is -0.620. The van der Waals surface area contributed by atoms with Crippen LogP contribution in [0.2, 0.25) is 0 Å². The molecule has 0 saturated heterocycles. The first-order chi connectivity index (χ1) is 5.75. The normalized spacial score (nSPS) is 16.3. The fourth-order valence-electron chi connectivity index (χ4n) is 0.586. The number of carbonyl (C=O) groups is 1. The van der Waals surface area contributed by atoms with Crippen LogP contribution in [0.1, 0.15) is 13.8 Å². The molecular weight excluding hydrogens is 194 g/mol. The minimum Gasteiger partial charge on any atom is -0.392 e. The number of aliphatic hydroxyl groups excluding tert-OH is 1. The summed E-state index contributed by atoms with van der Waals surface area (Å²) >= 11 is 0. The van der Waals surface area contributed by atoms with Crippen molar-refractivity contribution in [2.24, 2.45) is 0 Å². The van der Waals surface area contributed by atoms with Crippen LogP contribution in [0.25, 0.3) is 0 Å². The van der Waals surface area contributed by atoms with Gasteiger partial charge in [-0.15, -0.1) is 0 Å². The van der Waals surface area contributed by atoms with E-state index in [1.54, 1.807) is 0 Å². The van der Waals surface area contributed by atoms with Crippen LogP contribution in [0.5, 0.6) is 0 Å². The van der Waals surface area contributed by atoms with Crippen LogP contribution in [-0.2, 0) is 14.6 Å². The second kappa shape index (κ2) is 4.57. The number of hydrogen-bond acceptors (Lipinski definition) is 4. The van der Waals surface area contributed by atoms with Gasteiger partial charge in [-0.05, 0) is 13.8 Å². The molecule has 0 aromatic heterocycles. The summed E-state index contributed by atoms with van der Waals surface area (Å²) in [6.45, 7) is 2.89. The first kappa shape index (κ1) is 12.4. The van der Waals surface area contributed by atoms with Crippen LogP contribution in [0.15, 0.2) is 0 Å². The van der Waals surface area contributed by atoms with Gasteiger partial charge in [-0.2, -0.15) is 0 Å². The molecule has 6 heteroatoms. The summed E-state index contributed by atoms with van der Waals surface area (Å²) in [4.78, 5) is 11.1. The second-order valence-corrected chi connectivity index (χ2v) is 5.43. The Labute approximate surface area is 78.1 Å². The lowest BCUT2D eigenvalue weighted by Crippen LogP contribution is -2.40. The van der Waals surface area contributed by atoms with Gasteiger partial charge in [0, 0.05) is 12.8 Å². The molecule has 0 heterocycles. The van der Waals surface area contributed by atoms with Gasteiger partial charge in [0.1, 0.15) is 5.25 Å². The van der Waals surface area contributed by atoms with Crippen LogP contribution in [-0.4, -0.2) is 43.6 Å². The molecule has 0 fully saturated rings. The van der Waals surface area contributed by atoms with Crippen molar-refractivity contribution in [3.63, 3.8) is 0 Å². The summed E-state index contributed by atoms with van der Waals surface area (Å²) in [7, 11) is -3.34. The Morgan fingerprint density at radius 2 is 1.92 bits per heavy atom. The lowest BCUT2D eigenvalue weighted by Gasteiger charge is -2.11. The van der Waals surface area contributed by atoms with Crippen molar-refractivity contribution in [2.45, 2.75) is 25.2 Å². The molecule has 2 atom stereocenters. The lowest BCUT2D eigenvalue weighted by atomic mass is 10.4. The van der Waals surface area contributed by atoms with Crippen molar-refractivity contribution in [1.82, 2.24) is 5.32 Å². The molecule has 0 aromatic carbocycles. The number of carbonyl (C=O) groups excluding carboxylic acids is 1. The molecule has 0 spiro atoms. The summed E-state index contributed by atoms with van der Waals surface area (Å²) in [5, 5.41) is 10.1. The number of sulfone groups is 1. The molecule has 2 N–H and O–H groups in total. The van der Waals surface area contributed by atoms with Crippen LogP contribution in [0.4, 0.5) is 0 Å². The molecule has 5 nitrogen and oxygen atoms in total. The van der Waals surface area contributed by atoms with E-state index < -0.39 is 27.1 Å². The van der Waals surface area contributed by atoms with Gasteiger partial charge in [-0.25, -0.2) is 8.42 Å². The van der Waals surface area contributed by atoms with Crippen molar-refractivity contribution in [3.05, 3.63) is 0 Å². The minimum absolute atomic E-state index is 0.0681. The molecule has 0 aliphatic carbocycles. The molecule has 0 rings (SSSR count). The zero-order valence-corrected chi connectivity index (χ0v) is 8.76. The third kappa shape index (κ3) is 4.84. The van der Waals surface area contributed by atoms with Crippen molar-refractivity contribution >= 4 is 15.7 Å². The second-order valence-electron chi connectivity index (χ2n) is 3.07. The average Bonchev–Trinajstić information content (AvgIpc) is 1.96. The highest BCUT2D eigenvalue weighted by Gasteiger charge is 2.23. The molecule has 0 aliphatic rings. The Balaban J connectivity index is 4.14. The van der Waals surface area contributed by atoms with Gasteiger partial charge < -0.3 is 10.4 Å². The summed E-state index contributed by atoms with van der Waals surface area (Å²) < 4.78 is 21.8. The van der Waals surface area contributed by atoms with Gasteiger partial charge in [0.15, 0.2) is 9.84 Å². The van der Waals surface area contributed by atoms with Crippen LogP contribution < -0.4 is 5.32 Å². The van der Waals surface area contributed by atoms with Gasteiger partial charge in [0.2, 0.25) is 5.91 Å². The van der Waals surface area contributed by atoms with Crippen molar-refractivity contribution in [3.8, 4) is 0 Å². The third-order valence-corrected chi connectivity index (χ3v) is 3.08. The van der Waals surface area contributed by atoms with Crippen LogP contribution >= 0.6 is 0 Å². The highest BCUT2D eigenvalue weighted by Crippen LogP contribution is 1.97. The summed E-state index contributed by atoms with van der Waals surface area (Å²) in [6.07, 6.45) is 0.329. The third-order valence-electron chi connectivity index (χ3n) is 1.58. The van der Waals surface area contributed by atoms with E-state index in [1.165, 1.54) is 13.8 Å².